The predicted octanol–water partition coefficient (Wildman–Crippen LogP) is 3.51. The van der Waals surface area contributed by atoms with Gasteiger partial charge in [0, 0.05) is 6.42 Å². The van der Waals surface area contributed by atoms with Gasteiger partial charge < -0.3 is 35.4 Å². The monoisotopic (exact) mass is 462 g/mol. The molecule has 1 aliphatic rings. The number of aliphatic hydroxyl groups excluding tert-OH is 4. The van der Waals surface area contributed by atoms with Gasteiger partial charge in [-0.25, -0.2) is 0 Å². The van der Waals surface area contributed by atoms with Crippen molar-refractivity contribution >= 4 is 0 Å². The molecule has 1 saturated heterocycles. The Bertz CT molecular complexity index is 464. The molecule has 1 fully saturated rings. The third-order valence-electron chi connectivity index (χ3n) is 6.77. The molecule has 1 aliphatic heterocycles. The van der Waals surface area contributed by atoms with Crippen molar-refractivity contribution in [1.29, 1.82) is 0 Å². The summed E-state index contributed by atoms with van der Waals surface area (Å²) in [6.45, 7) is 1.49. The highest BCUT2D eigenvalue weighted by Crippen LogP contribution is 2.50. The molecule has 0 saturated carbocycles. The van der Waals surface area contributed by atoms with Crippen LogP contribution in [-0.2, 0) is 4.74 Å². The topological polar surface area (TPSA) is 134 Å². The zero-order valence-corrected chi connectivity index (χ0v) is 20.3. The lowest BCUT2D eigenvalue weighted by molar-refractivity contribution is -0.159. The van der Waals surface area contributed by atoms with Crippen LogP contribution in [0.1, 0.15) is 122 Å². The van der Waals surface area contributed by atoms with Gasteiger partial charge in [0.25, 0.3) is 5.79 Å². The van der Waals surface area contributed by atoms with Gasteiger partial charge >= 0.3 is 0 Å². The summed E-state index contributed by atoms with van der Waals surface area (Å²) >= 11 is 0. The van der Waals surface area contributed by atoms with Gasteiger partial charge in [-0.3, -0.25) is 0 Å². The van der Waals surface area contributed by atoms with E-state index in [0.29, 0.717) is 6.42 Å². The second kappa shape index (κ2) is 16.4. The SMILES string of the molecule is CCCCCCCCCCCCCCCCCCCC1(O)O[C@]1(O)[C@H](O)[C@H](O)[C@@H](O)CO. The fourth-order valence-corrected chi connectivity index (χ4v) is 4.39. The van der Waals surface area contributed by atoms with Crippen molar-refractivity contribution in [2.24, 2.45) is 0 Å². The van der Waals surface area contributed by atoms with Gasteiger partial charge in [0.05, 0.1) is 6.61 Å². The van der Waals surface area contributed by atoms with Crippen molar-refractivity contribution < 1.29 is 35.4 Å². The quantitative estimate of drug-likeness (QED) is 0.107. The Hall–Kier alpha value is -0.280. The highest BCUT2D eigenvalue weighted by atomic mass is 16.8. The average molecular weight is 463 g/mol. The van der Waals surface area contributed by atoms with Gasteiger partial charge in [-0.2, -0.15) is 0 Å². The van der Waals surface area contributed by atoms with Crippen LogP contribution in [0.5, 0.6) is 0 Å². The molecule has 5 atom stereocenters. The van der Waals surface area contributed by atoms with E-state index in [2.05, 4.69) is 6.92 Å². The molecule has 0 spiro atoms. The van der Waals surface area contributed by atoms with Crippen LogP contribution in [0.25, 0.3) is 0 Å². The number of aliphatic hydroxyl groups is 6. The minimum atomic E-state index is -2.31. The Kier molecular flexibility index (Phi) is 15.2. The minimum absolute atomic E-state index is 0.140. The first-order chi connectivity index (χ1) is 15.3. The molecule has 0 radical (unpaired) electrons. The van der Waals surface area contributed by atoms with E-state index in [-0.39, 0.29) is 6.42 Å². The second-order valence-electron chi connectivity index (χ2n) is 9.68. The first-order valence-corrected chi connectivity index (χ1v) is 13.1. The van der Waals surface area contributed by atoms with E-state index >= 15 is 0 Å². The number of unbranched alkanes of at least 4 members (excludes halogenated alkanes) is 16. The van der Waals surface area contributed by atoms with Gasteiger partial charge in [-0.05, 0) is 6.42 Å². The lowest BCUT2D eigenvalue weighted by Gasteiger charge is -2.24. The molecule has 0 aromatic carbocycles. The molecular formula is C25H50O7. The highest BCUT2D eigenvalue weighted by molar-refractivity contribution is 5.07. The van der Waals surface area contributed by atoms with Gasteiger partial charge in [0.1, 0.15) is 18.3 Å². The number of hydrogen-bond acceptors (Lipinski definition) is 7. The van der Waals surface area contributed by atoms with E-state index in [9.17, 15) is 25.5 Å². The molecule has 1 rings (SSSR count). The van der Waals surface area contributed by atoms with E-state index in [1.54, 1.807) is 0 Å². The van der Waals surface area contributed by atoms with Crippen LogP contribution in [-0.4, -0.2) is 67.1 Å². The molecule has 0 aromatic rings. The molecule has 7 nitrogen and oxygen atoms in total. The number of rotatable bonds is 22. The Labute approximate surface area is 194 Å². The van der Waals surface area contributed by atoms with Crippen LogP contribution in [0.3, 0.4) is 0 Å². The van der Waals surface area contributed by atoms with E-state index < -0.39 is 36.5 Å². The number of epoxide rings is 1. The van der Waals surface area contributed by atoms with E-state index in [1.807, 2.05) is 0 Å². The van der Waals surface area contributed by atoms with Crippen LogP contribution in [0, 0.1) is 0 Å². The average Bonchev–Trinajstić information content (AvgIpc) is 3.35. The van der Waals surface area contributed by atoms with Gasteiger partial charge in [-0.1, -0.05) is 110 Å². The normalized spacial score (nSPS) is 25.6. The van der Waals surface area contributed by atoms with Crippen molar-refractivity contribution in [2.75, 3.05) is 6.61 Å². The number of hydrogen-bond donors (Lipinski definition) is 6. The molecule has 192 valence electrons. The summed E-state index contributed by atoms with van der Waals surface area (Å²) in [5, 5.41) is 58.3. The maximum atomic E-state index is 10.3. The highest BCUT2D eigenvalue weighted by Gasteiger charge is 2.74. The molecule has 0 aliphatic carbocycles. The molecule has 6 N–H and O–H groups in total. The van der Waals surface area contributed by atoms with Crippen molar-refractivity contribution in [3.8, 4) is 0 Å². The summed E-state index contributed by atoms with van der Waals surface area (Å²) in [7, 11) is 0. The maximum Gasteiger partial charge on any atom is 0.253 e. The summed E-state index contributed by atoms with van der Waals surface area (Å²) in [4.78, 5) is 0. The zero-order valence-electron chi connectivity index (χ0n) is 20.3. The van der Waals surface area contributed by atoms with Gasteiger partial charge in [-0.15, -0.1) is 0 Å². The smallest absolute Gasteiger partial charge is 0.253 e. The summed E-state index contributed by atoms with van der Waals surface area (Å²) in [5.41, 5.74) is 0. The molecular weight excluding hydrogens is 412 g/mol. The Morgan fingerprint density at radius 2 is 1.00 bits per heavy atom. The molecule has 0 bridgehead atoms. The van der Waals surface area contributed by atoms with Gasteiger partial charge in [0.15, 0.2) is 0 Å². The third kappa shape index (κ3) is 10.3. The molecule has 7 heteroatoms. The van der Waals surface area contributed by atoms with E-state index in [4.69, 9.17) is 9.84 Å². The van der Waals surface area contributed by atoms with Crippen LogP contribution in [0.2, 0.25) is 0 Å². The summed E-state index contributed by atoms with van der Waals surface area (Å²) in [6, 6.07) is 0. The van der Waals surface area contributed by atoms with Crippen LogP contribution < -0.4 is 0 Å². The van der Waals surface area contributed by atoms with Crippen molar-refractivity contribution in [2.45, 2.75) is 152 Å². The standard InChI is InChI=1S/C25H50O7/c1-2-3-4-5-6-7-8-9-10-11-12-13-14-15-16-17-18-19-24(30)25(31,32-24)23(29)22(28)21(27)20-26/h21-23,26-31H,2-20H2,1H3/t21-,22+,23+,24?,25+/m0/s1. The molecule has 0 amide bonds. The zero-order chi connectivity index (χ0) is 23.9. The number of ether oxygens (including phenoxy) is 1. The van der Waals surface area contributed by atoms with Crippen LogP contribution in [0.15, 0.2) is 0 Å². The first-order valence-electron chi connectivity index (χ1n) is 13.1. The molecule has 1 heterocycles. The Balaban J connectivity index is 1.92. The second-order valence-corrected chi connectivity index (χ2v) is 9.68. The van der Waals surface area contributed by atoms with Gasteiger partial charge in [0.2, 0.25) is 5.79 Å². The van der Waals surface area contributed by atoms with Crippen molar-refractivity contribution in [3.05, 3.63) is 0 Å². The fraction of sp³-hybridized carbons (Fsp3) is 1.00. The van der Waals surface area contributed by atoms with Crippen LogP contribution in [0.4, 0.5) is 0 Å². The fourth-order valence-electron chi connectivity index (χ4n) is 4.39. The lowest BCUT2D eigenvalue weighted by Crippen LogP contribution is -2.50. The minimum Gasteiger partial charge on any atom is -0.394 e. The largest absolute Gasteiger partial charge is 0.394 e. The predicted molar refractivity (Wildman–Crippen MR) is 125 cm³/mol. The summed E-state index contributed by atoms with van der Waals surface area (Å²) in [6.07, 6.45) is 16.0. The van der Waals surface area contributed by atoms with Crippen molar-refractivity contribution in [1.82, 2.24) is 0 Å². The lowest BCUT2D eigenvalue weighted by atomic mass is 9.96. The summed E-state index contributed by atoms with van der Waals surface area (Å²) in [5.74, 6) is -4.23. The molecule has 0 aromatic heterocycles. The van der Waals surface area contributed by atoms with Crippen LogP contribution >= 0.6 is 0 Å². The molecule has 32 heavy (non-hydrogen) atoms. The summed E-state index contributed by atoms with van der Waals surface area (Å²) < 4.78 is 4.91. The van der Waals surface area contributed by atoms with E-state index in [0.717, 1.165) is 19.3 Å². The Morgan fingerprint density at radius 3 is 1.38 bits per heavy atom. The Morgan fingerprint density at radius 1 is 0.625 bits per heavy atom. The third-order valence-corrected chi connectivity index (χ3v) is 6.77. The van der Waals surface area contributed by atoms with Crippen molar-refractivity contribution in [3.63, 3.8) is 0 Å². The molecule has 1 unspecified atom stereocenters. The maximum absolute atomic E-state index is 10.3. The first kappa shape index (κ1) is 29.8. The van der Waals surface area contributed by atoms with E-state index in [1.165, 1.54) is 83.5 Å².